The van der Waals surface area contributed by atoms with E-state index in [0.717, 1.165) is 4.47 Å². The number of hydrogen-bond acceptors (Lipinski definition) is 4. The maximum atomic E-state index is 12.0. The second-order valence-electron chi connectivity index (χ2n) is 4.01. The molecule has 2 aromatic rings. The molecule has 0 unspecified atom stereocenters. The fourth-order valence-electron chi connectivity index (χ4n) is 1.76. The van der Waals surface area contributed by atoms with Crippen molar-refractivity contribution in [3.05, 3.63) is 56.3 Å². The van der Waals surface area contributed by atoms with Crippen LogP contribution in [0.15, 0.2) is 38.3 Å². The summed E-state index contributed by atoms with van der Waals surface area (Å²) in [5.74, 6) is 5.01. The lowest BCUT2D eigenvalue weighted by molar-refractivity contribution is 0.0951. The molecule has 0 fully saturated rings. The minimum atomic E-state index is -0.455. The molecule has 6 nitrogen and oxygen atoms in total. The first-order chi connectivity index (χ1) is 9.02. The molecule has 0 saturated heterocycles. The average molecular weight is 326 g/mol. The fraction of sp³-hybridized carbons (Fsp3) is 0.167. The van der Waals surface area contributed by atoms with E-state index in [4.69, 9.17) is 10.3 Å². The van der Waals surface area contributed by atoms with Gasteiger partial charge in [0.05, 0.1) is 18.4 Å². The van der Waals surface area contributed by atoms with Gasteiger partial charge in [0.25, 0.3) is 11.5 Å². The highest BCUT2D eigenvalue weighted by Gasteiger charge is 2.15. The van der Waals surface area contributed by atoms with Crippen LogP contribution in [0.3, 0.4) is 0 Å². The summed E-state index contributed by atoms with van der Waals surface area (Å²) in [4.78, 5) is 23.5. The van der Waals surface area contributed by atoms with Gasteiger partial charge in [-0.05, 0) is 35.0 Å². The number of hydrazine groups is 1. The average Bonchev–Trinajstić information content (AvgIpc) is 2.82. The second kappa shape index (κ2) is 5.41. The van der Waals surface area contributed by atoms with Crippen molar-refractivity contribution < 1.29 is 9.21 Å². The highest BCUT2D eigenvalue weighted by atomic mass is 79.9. The largest absolute Gasteiger partial charge is 0.467 e. The highest BCUT2D eigenvalue weighted by molar-refractivity contribution is 9.10. The van der Waals surface area contributed by atoms with Crippen molar-refractivity contribution >= 4 is 21.8 Å². The third-order valence-electron chi connectivity index (χ3n) is 2.67. The summed E-state index contributed by atoms with van der Waals surface area (Å²) in [5, 5.41) is 0. The van der Waals surface area contributed by atoms with Gasteiger partial charge in [-0.3, -0.25) is 15.0 Å². The summed E-state index contributed by atoms with van der Waals surface area (Å²) >= 11 is 3.32. The molecule has 1 amide bonds. The Morgan fingerprint density at radius 2 is 2.32 bits per heavy atom. The van der Waals surface area contributed by atoms with Gasteiger partial charge in [-0.2, -0.15) is 0 Å². The summed E-state index contributed by atoms with van der Waals surface area (Å²) in [6, 6.07) is 3.24. The smallest absolute Gasteiger partial charge is 0.268 e. The zero-order valence-corrected chi connectivity index (χ0v) is 11.7. The third kappa shape index (κ3) is 2.77. The highest BCUT2D eigenvalue weighted by Crippen LogP contribution is 2.14. The third-order valence-corrected chi connectivity index (χ3v) is 3.10. The summed E-state index contributed by atoms with van der Waals surface area (Å²) < 4.78 is 7.48. The van der Waals surface area contributed by atoms with Crippen LogP contribution in [-0.2, 0) is 6.54 Å². The number of nitrogen functional groups attached to an aromatic ring is 1. The number of halogens is 1. The number of amides is 1. The molecular weight excluding hydrogens is 314 g/mol. The van der Waals surface area contributed by atoms with E-state index in [-0.39, 0.29) is 12.1 Å². The van der Waals surface area contributed by atoms with Crippen molar-refractivity contribution in [1.29, 1.82) is 0 Å². The number of nitrogens with two attached hydrogens (primary N) is 1. The van der Waals surface area contributed by atoms with E-state index in [1.165, 1.54) is 16.9 Å². The van der Waals surface area contributed by atoms with Gasteiger partial charge >= 0.3 is 0 Å². The van der Waals surface area contributed by atoms with Gasteiger partial charge < -0.3 is 8.98 Å². The van der Waals surface area contributed by atoms with Gasteiger partial charge in [-0.25, -0.2) is 5.84 Å². The quantitative estimate of drug-likeness (QED) is 0.503. The number of nitrogens with zero attached hydrogens (tertiary/aromatic N) is 1. The van der Waals surface area contributed by atoms with Crippen LogP contribution in [-0.4, -0.2) is 10.5 Å². The van der Waals surface area contributed by atoms with Crippen molar-refractivity contribution in [3.8, 4) is 0 Å². The molecule has 0 atom stereocenters. The fourth-order valence-corrected chi connectivity index (χ4v) is 2.35. The lowest BCUT2D eigenvalue weighted by atomic mass is 10.2. The Labute approximate surface area is 117 Å². The van der Waals surface area contributed by atoms with E-state index in [9.17, 15) is 9.59 Å². The normalized spacial score (nSPS) is 10.5. The Balaban J connectivity index is 2.40. The van der Waals surface area contributed by atoms with Crippen molar-refractivity contribution in [2.45, 2.75) is 13.5 Å². The number of carbonyl (C=O) groups excluding carboxylic acids is 1. The van der Waals surface area contributed by atoms with E-state index in [1.807, 2.05) is 5.43 Å². The SMILES string of the molecule is Cc1cc(Br)cn(Cc2occc2C(=O)NN)c1=O. The van der Waals surface area contributed by atoms with Crippen LogP contribution in [0.25, 0.3) is 0 Å². The van der Waals surface area contributed by atoms with Gasteiger partial charge in [0.1, 0.15) is 5.76 Å². The molecule has 0 aromatic carbocycles. The number of carbonyl (C=O) groups is 1. The van der Waals surface area contributed by atoms with E-state index >= 15 is 0 Å². The van der Waals surface area contributed by atoms with Gasteiger partial charge in [0.2, 0.25) is 0 Å². The number of rotatable bonds is 3. The Hall–Kier alpha value is -1.86. The van der Waals surface area contributed by atoms with Crippen molar-refractivity contribution in [2.24, 2.45) is 5.84 Å². The summed E-state index contributed by atoms with van der Waals surface area (Å²) in [6.45, 7) is 1.88. The number of aromatic nitrogens is 1. The topological polar surface area (TPSA) is 90.3 Å². The van der Waals surface area contributed by atoms with Gasteiger partial charge in [-0.1, -0.05) is 0 Å². The molecule has 0 aliphatic rings. The zero-order chi connectivity index (χ0) is 14.0. The standard InChI is InChI=1S/C12H12BrN3O3/c1-7-4-8(13)5-16(12(7)18)6-10-9(2-3-19-10)11(17)15-14/h2-5H,6,14H2,1H3,(H,15,17). The van der Waals surface area contributed by atoms with Crippen molar-refractivity contribution in [1.82, 2.24) is 9.99 Å². The first kappa shape index (κ1) is 13.6. The van der Waals surface area contributed by atoms with Crippen LogP contribution >= 0.6 is 15.9 Å². The molecular formula is C12H12BrN3O3. The summed E-state index contributed by atoms with van der Waals surface area (Å²) in [5.41, 5.74) is 2.81. The molecule has 0 bridgehead atoms. The lowest BCUT2D eigenvalue weighted by Crippen LogP contribution is -2.31. The van der Waals surface area contributed by atoms with Crippen LogP contribution in [0.5, 0.6) is 0 Å². The molecule has 2 rings (SSSR count). The number of aryl methyl sites for hydroxylation is 1. The molecule has 100 valence electrons. The van der Waals surface area contributed by atoms with E-state index in [2.05, 4.69) is 15.9 Å². The summed E-state index contributed by atoms with van der Waals surface area (Å²) in [7, 11) is 0. The predicted molar refractivity (Wildman–Crippen MR) is 72.6 cm³/mol. The van der Waals surface area contributed by atoms with E-state index < -0.39 is 5.91 Å². The number of nitrogens with one attached hydrogen (secondary N) is 1. The molecule has 2 heterocycles. The number of pyridine rings is 1. The molecule has 3 N–H and O–H groups in total. The minimum Gasteiger partial charge on any atom is -0.467 e. The Morgan fingerprint density at radius 3 is 3.00 bits per heavy atom. The van der Waals surface area contributed by atoms with Crippen LogP contribution in [0.1, 0.15) is 21.7 Å². The molecule has 19 heavy (non-hydrogen) atoms. The monoisotopic (exact) mass is 325 g/mol. The first-order valence-electron chi connectivity index (χ1n) is 5.47. The van der Waals surface area contributed by atoms with Crippen molar-refractivity contribution in [2.75, 3.05) is 0 Å². The lowest BCUT2D eigenvalue weighted by Gasteiger charge is -2.07. The molecule has 0 saturated carbocycles. The zero-order valence-electron chi connectivity index (χ0n) is 10.1. The Morgan fingerprint density at radius 1 is 1.58 bits per heavy atom. The van der Waals surface area contributed by atoms with Gasteiger partial charge in [-0.15, -0.1) is 0 Å². The predicted octanol–water partition coefficient (Wildman–Crippen LogP) is 1.16. The summed E-state index contributed by atoms with van der Waals surface area (Å²) in [6.07, 6.45) is 3.03. The molecule has 0 spiro atoms. The maximum Gasteiger partial charge on any atom is 0.268 e. The number of furan rings is 1. The maximum absolute atomic E-state index is 12.0. The van der Waals surface area contributed by atoms with E-state index in [0.29, 0.717) is 16.9 Å². The first-order valence-corrected chi connectivity index (χ1v) is 6.26. The van der Waals surface area contributed by atoms with Crippen LogP contribution in [0.2, 0.25) is 0 Å². The Kier molecular flexibility index (Phi) is 3.87. The number of hydrogen-bond donors (Lipinski definition) is 2. The second-order valence-corrected chi connectivity index (χ2v) is 4.92. The van der Waals surface area contributed by atoms with Gasteiger partial charge in [0, 0.05) is 16.2 Å². The van der Waals surface area contributed by atoms with Crippen LogP contribution in [0.4, 0.5) is 0 Å². The molecule has 0 aliphatic heterocycles. The minimum absolute atomic E-state index is 0.140. The molecule has 7 heteroatoms. The van der Waals surface area contributed by atoms with Crippen LogP contribution in [0, 0.1) is 6.92 Å². The van der Waals surface area contributed by atoms with Crippen molar-refractivity contribution in [3.63, 3.8) is 0 Å². The molecule has 2 aromatic heterocycles. The van der Waals surface area contributed by atoms with Gasteiger partial charge in [0.15, 0.2) is 0 Å². The molecule has 0 aliphatic carbocycles. The molecule has 0 radical (unpaired) electrons. The van der Waals surface area contributed by atoms with Crippen LogP contribution < -0.4 is 16.8 Å². The Bertz CT molecular complexity index is 675. The van der Waals surface area contributed by atoms with E-state index in [1.54, 1.807) is 19.2 Å².